The van der Waals surface area contributed by atoms with Crippen molar-refractivity contribution in [2.45, 2.75) is 37.3 Å². The van der Waals surface area contributed by atoms with E-state index in [-0.39, 0.29) is 5.82 Å². The molecule has 0 bridgehead atoms. The van der Waals surface area contributed by atoms with E-state index in [0.29, 0.717) is 49.3 Å². The van der Waals surface area contributed by atoms with E-state index in [1.165, 1.54) is 12.1 Å². The summed E-state index contributed by atoms with van der Waals surface area (Å²) in [6.07, 6.45) is 7.00. The summed E-state index contributed by atoms with van der Waals surface area (Å²) in [5.41, 5.74) is 2.24. The summed E-state index contributed by atoms with van der Waals surface area (Å²) in [5.74, 6) is -0.867. The van der Waals surface area contributed by atoms with E-state index in [9.17, 15) is 19.1 Å². The lowest BCUT2D eigenvalue weighted by atomic mass is 10.1. The summed E-state index contributed by atoms with van der Waals surface area (Å²) >= 11 is 0. The van der Waals surface area contributed by atoms with Crippen molar-refractivity contribution in [3.8, 4) is 11.4 Å². The van der Waals surface area contributed by atoms with Crippen LogP contribution in [0, 0.1) is 5.82 Å². The van der Waals surface area contributed by atoms with E-state index in [1.54, 1.807) is 42.7 Å². The van der Waals surface area contributed by atoms with Crippen molar-refractivity contribution in [1.82, 2.24) is 20.2 Å². The number of rotatable bonds is 12. The van der Waals surface area contributed by atoms with Gasteiger partial charge in [0.25, 0.3) is 5.91 Å². The molecule has 0 radical (unpaired) electrons. The van der Waals surface area contributed by atoms with E-state index in [0.717, 1.165) is 17.5 Å². The molecule has 0 spiro atoms. The lowest BCUT2D eigenvalue weighted by Gasteiger charge is -2.22. The Morgan fingerprint density at radius 1 is 1.14 bits per heavy atom. The fourth-order valence-corrected chi connectivity index (χ4v) is 4.43. The summed E-state index contributed by atoms with van der Waals surface area (Å²) in [5, 5.41) is 12.3. The molecule has 1 fully saturated rings. The Balaban J connectivity index is 1.30. The van der Waals surface area contributed by atoms with Crippen molar-refractivity contribution in [3.05, 3.63) is 96.6 Å². The third-order valence-electron chi connectivity index (χ3n) is 6.40. The van der Waals surface area contributed by atoms with Gasteiger partial charge >= 0.3 is 5.97 Å². The Labute approximate surface area is 209 Å². The number of nitrogens with one attached hydrogen (secondary N) is 1. The number of carbonyl (C=O) groups excluding carboxylic acids is 1. The van der Waals surface area contributed by atoms with Crippen LogP contribution in [0.4, 0.5) is 4.39 Å². The first-order valence-electron chi connectivity index (χ1n) is 12.0. The molecule has 8 heteroatoms. The zero-order chi connectivity index (χ0) is 25.5. The predicted octanol–water partition coefficient (Wildman–Crippen LogP) is 4.29. The molecule has 1 aliphatic rings. The summed E-state index contributed by atoms with van der Waals surface area (Å²) in [6, 6.07) is 14.4. The number of hydrogen-bond donors (Lipinski definition) is 2. The van der Waals surface area contributed by atoms with Gasteiger partial charge in [-0.3, -0.25) is 9.69 Å². The fraction of sp³-hybridized carbons (Fsp3) is 0.286. The molecule has 3 aromatic rings. The molecule has 7 nitrogen and oxygen atoms in total. The molecule has 1 aromatic heterocycles. The van der Waals surface area contributed by atoms with Gasteiger partial charge in [0.1, 0.15) is 11.9 Å². The van der Waals surface area contributed by atoms with Crippen molar-refractivity contribution in [1.29, 1.82) is 0 Å². The van der Waals surface area contributed by atoms with Crippen LogP contribution in [-0.4, -0.2) is 57.0 Å². The summed E-state index contributed by atoms with van der Waals surface area (Å²) in [4.78, 5) is 35.2. The first-order valence-corrected chi connectivity index (χ1v) is 12.0. The van der Waals surface area contributed by atoms with Gasteiger partial charge in [-0.1, -0.05) is 30.3 Å². The van der Waals surface area contributed by atoms with Crippen LogP contribution in [0.3, 0.4) is 0 Å². The van der Waals surface area contributed by atoms with Gasteiger partial charge in [0.15, 0.2) is 5.82 Å². The minimum atomic E-state index is -1.07. The summed E-state index contributed by atoms with van der Waals surface area (Å²) in [7, 11) is 0. The molecule has 186 valence electrons. The van der Waals surface area contributed by atoms with Crippen LogP contribution in [0.2, 0.25) is 0 Å². The topological polar surface area (TPSA) is 95.4 Å². The Kier molecular flexibility index (Phi) is 8.17. The molecule has 36 heavy (non-hydrogen) atoms. The smallest absolute Gasteiger partial charge is 0.326 e. The standard InChI is InChI=1S/C28H29FN4O3/c1-2-16-33(25-18-23(25)19-10-12-22(29)13-11-19)17-3-5-24(28(35)36)32-27(34)21-8-6-20(7-9-21)26-30-14-4-15-31-26/h2,4,6-15,23-25H,1,3,5,16-18H2,(H,32,34)(H,35,36)/t23-,24-,25+/m0/s1. The second kappa shape index (κ2) is 11.7. The molecule has 1 saturated carbocycles. The lowest BCUT2D eigenvalue weighted by Crippen LogP contribution is -2.41. The largest absolute Gasteiger partial charge is 0.480 e. The SMILES string of the molecule is C=CCN(CCC[C@H](NC(=O)c1ccc(-c2ncccn2)cc1)C(=O)O)[C@@H]1C[C@H]1c1ccc(F)cc1. The van der Waals surface area contributed by atoms with E-state index in [1.807, 2.05) is 18.2 Å². The molecule has 3 atom stereocenters. The fourth-order valence-electron chi connectivity index (χ4n) is 4.43. The van der Waals surface area contributed by atoms with Gasteiger partial charge in [-0.05, 0) is 61.7 Å². The molecule has 1 heterocycles. The minimum absolute atomic E-state index is 0.248. The maximum Gasteiger partial charge on any atom is 0.326 e. The third-order valence-corrected chi connectivity index (χ3v) is 6.40. The minimum Gasteiger partial charge on any atom is -0.480 e. The molecule has 2 N–H and O–H groups in total. The lowest BCUT2D eigenvalue weighted by molar-refractivity contribution is -0.139. The third kappa shape index (κ3) is 6.40. The number of aromatic nitrogens is 2. The average molecular weight is 489 g/mol. The van der Waals surface area contributed by atoms with E-state index < -0.39 is 17.9 Å². The number of hydrogen-bond acceptors (Lipinski definition) is 5. The van der Waals surface area contributed by atoms with Crippen LogP contribution in [0.5, 0.6) is 0 Å². The quantitative estimate of drug-likeness (QED) is 0.369. The number of amides is 1. The molecule has 2 aromatic carbocycles. The van der Waals surface area contributed by atoms with Gasteiger partial charge in [-0.15, -0.1) is 6.58 Å². The number of carboxylic acid groups (broad SMARTS) is 1. The number of nitrogens with zero attached hydrogens (tertiary/aromatic N) is 3. The van der Waals surface area contributed by atoms with Gasteiger partial charge in [0.05, 0.1) is 0 Å². The van der Waals surface area contributed by atoms with Crippen LogP contribution < -0.4 is 5.32 Å². The van der Waals surface area contributed by atoms with Crippen LogP contribution in [0.25, 0.3) is 11.4 Å². The molecule has 0 aliphatic heterocycles. The van der Waals surface area contributed by atoms with Crippen molar-refractivity contribution >= 4 is 11.9 Å². The Morgan fingerprint density at radius 3 is 2.47 bits per heavy atom. The van der Waals surface area contributed by atoms with Crippen LogP contribution in [-0.2, 0) is 4.79 Å². The number of aliphatic carboxylic acids is 1. The van der Waals surface area contributed by atoms with Gasteiger partial charge < -0.3 is 10.4 Å². The highest BCUT2D eigenvalue weighted by atomic mass is 19.1. The summed E-state index contributed by atoms with van der Waals surface area (Å²) in [6.45, 7) is 5.20. The summed E-state index contributed by atoms with van der Waals surface area (Å²) < 4.78 is 13.2. The molecule has 0 unspecified atom stereocenters. The monoisotopic (exact) mass is 488 g/mol. The van der Waals surface area contributed by atoms with E-state index in [4.69, 9.17) is 0 Å². The van der Waals surface area contributed by atoms with Crippen molar-refractivity contribution in [2.24, 2.45) is 0 Å². The highest BCUT2D eigenvalue weighted by Gasteiger charge is 2.42. The maximum atomic E-state index is 13.2. The molecule has 0 saturated heterocycles. The van der Waals surface area contributed by atoms with E-state index in [2.05, 4.69) is 26.8 Å². The first-order chi connectivity index (χ1) is 17.5. The zero-order valence-electron chi connectivity index (χ0n) is 19.9. The van der Waals surface area contributed by atoms with Crippen LogP contribution in [0.15, 0.2) is 79.6 Å². The zero-order valence-corrected chi connectivity index (χ0v) is 19.9. The second-order valence-electron chi connectivity index (χ2n) is 8.90. The van der Waals surface area contributed by atoms with Gasteiger partial charge in [-0.25, -0.2) is 19.2 Å². The Bertz CT molecular complexity index is 1190. The average Bonchev–Trinajstić information content (AvgIpc) is 3.69. The van der Waals surface area contributed by atoms with Gasteiger partial charge in [-0.2, -0.15) is 0 Å². The number of carbonyl (C=O) groups is 2. The predicted molar refractivity (Wildman–Crippen MR) is 135 cm³/mol. The molecular weight excluding hydrogens is 459 g/mol. The van der Waals surface area contributed by atoms with Crippen molar-refractivity contribution < 1.29 is 19.1 Å². The van der Waals surface area contributed by atoms with Crippen LogP contribution >= 0.6 is 0 Å². The molecule has 4 rings (SSSR count). The van der Waals surface area contributed by atoms with E-state index >= 15 is 0 Å². The second-order valence-corrected chi connectivity index (χ2v) is 8.90. The first kappa shape index (κ1) is 25.2. The molecule has 1 amide bonds. The molecule has 1 aliphatic carbocycles. The maximum absolute atomic E-state index is 13.2. The highest BCUT2D eigenvalue weighted by Crippen LogP contribution is 2.44. The number of benzene rings is 2. The van der Waals surface area contributed by atoms with Crippen molar-refractivity contribution in [2.75, 3.05) is 13.1 Å². The Morgan fingerprint density at radius 2 is 1.83 bits per heavy atom. The number of halogens is 1. The number of carboxylic acids is 1. The molecular formula is C28H29FN4O3. The highest BCUT2D eigenvalue weighted by molar-refractivity contribution is 5.96. The van der Waals surface area contributed by atoms with Gasteiger partial charge in [0, 0.05) is 42.0 Å². The van der Waals surface area contributed by atoms with Crippen molar-refractivity contribution in [3.63, 3.8) is 0 Å². The normalized spacial score (nSPS) is 17.4. The van der Waals surface area contributed by atoms with Crippen LogP contribution in [0.1, 0.15) is 41.1 Å². The Hall–Kier alpha value is -3.91. The van der Waals surface area contributed by atoms with Gasteiger partial charge in [0.2, 0.25) is 0 Å².